The number of fused-ring (bicyclic) bond motifs is 2. The summed E-state index contributed by atoms with van der Waals surface area (Å²) in [6.45, 7) is 6.60. The number of aryl methyl sites for hydroxylation is 2. The number of hydrogen-bond acceptors (Lipinski definition) is 6. The van der Waals surface area contributed by atoms with E-state index in [1.807, 2.05) is 31.4 Å². The molecule has 5 rings (SSSR count). The fourth-order valence-electron chi connectivity index (χ4n) is 4.42. The van der Waals surface area contributed by atoms with Gasteiger partial charge in [0, 0.05) is 24.3 Å². The van der Waals surface area contributed by atoms with Crippen LogP contribution in [0.2, 0.25) is 5.02 Å². The van der Waals surface area contributed by atoms with Gasteiger partial charge in [-0.2, -0.15) is 5.10 Å². The highest BCUT2D eigenvalue weighted by Gasteiger charge is 2.29. The summed E-state index contributed by atoms with van der Waals surface area (Å²) in [5.41, 5.74) is 2.70. The van der Waals surface area contributed by atoms with Crippen LogP contribution in [0, 0.1) is 12.7 Å². The monoisotopic (exact) mass is 455 g/mol. The fourth-order valence-corrected chi connectivity index (χ4v) is 4.62. The van der Waals surface area contributed by atoms with Crippen LogP contribution in [-0.2, 0) is 6.54 Å². The fraction of sp³-hybridized carbons (Fsp3) is 0.364. The number of aliphatic hydroxyl groups excluding tert-OH is 1. The Bertz CT molecular complexity index is 1320. The van der Waals surface area contributed by atoms with Crippen molar-refractivity contribution in [3.8, 4) is 11.3 Å². The van der Waals surface area contributed by atoms with Gasteiger partial charge in [-0.15, -0.1) is 0 Å². The number of hydrogen-bond donors (Lipinski definition) is 2. The molecule has 0 amide bonds. The Hall–Kier alpha value is -3.04. The van der Waals surface area contributed by atoms with Gasteiger partial charge in [0.15, 0.2) is 5.82 Å². The van der Waals surface area contributed by atoms with Crippen LogP contribution in [-0.4, -0.2) is 40.4 Å². The molecular weight excluding hydrogens is 433 g/mol. The summed E-state index contributed by atoms with van der Waals surface area (Å²) in [6, 6.07) is 4.88. The van der Waals surface area contributed by atoms with Crippen LogP contribution in [0.4, 0.5) is 10.3 Å². The Morgan fingerprint density at radius 3 is 2.88 bits per heavy atom. The quantitative estimate of drug-likeness (QED) is 0.476. The molecule has 0 fully saturated rings. The maximum atomic E-state index is 14.9. The predicted molar refractivity (Wildman–Crippen MR) is 120 cm³/mol. The number of rotatable bonds is 4. The van der Waals surface area contributed by atoms with E-state index < -0.39 is 11.9 Å². The van der Waals surface area contributed by atoms with Gasteiger partial charge in [0.05, 0.1) is 34.2 Å². The standard InChI is InChI=1S/C22H23ClFN7O/c1-11(2)31-12(3)27-20-15(24)8-13(9-18(20)31)19-14(23)10-25-22(29-19)28-16-5-7-30-17(21(16)32)4-6-26-30/h4,6,8-11,16,21,32H,5,7H2,1-3H3,(H,25,28,29)/t16-,21-/m1/s1. The van der Waals surface area contributed by atoms with Gasteiger partial charge in [-0.25, -0.2) is 19.3 Å². The number of halogens is 2. The molecule has 4 aromatic rings. The molecular formula is C22H23ClFN7O. The summed E-state index contributed by atoms with van der Waals surface area (Å²) in [6.07, 6.45) is 3.07. The zero-order valence-corrected chi connectivity index (χ0v) is 18.7. The van der Waals surface area contributed by atoms with Crippen molar-refractivity contribution in [3.63, 3.8) is 0 Å². The largest absolute Gasteiger partial charge is 0.385 e. The summed E-state index contributed by atoms with van der Waals surface area (Å²) in [4.78, 5) is 13.2. The lowest BCUT2D eigenvalue weighted by molar-refractivity contribution is 0.120. The van der Waals surface area contributed by atoms with Crippen LogP contribution >= 0.6 is 11.6 Å². The van der Waals surface area contributed by atoms with E-state index in [4.69, 9.17) is 11.6 Å². The molecule has 2 atom stereocenters. The highest BCUT2D eigenvalue weighted by Crippen LogP contribution is 2.33. The van der Waals surface area contributed by atoms with Gasteiger partial charge in [0.1, 0.15) is 17.4 Å². The van der Waals surface area contributed by atoms with Crippen LogP contribution < -0.4 is 5.32 Å². The first-order valence-electron chi connectivity index (χ1n) is 10.5. The molecule has 4 heterocycles. The molecule has 3 aromatic heterocycles. The third kappa shape index (κ3) is 3.41. The number of aliphatic hydroxyl groups is 1. The summed E-state index contributed by atoms with van der Waals surface area (Å²) >= 11 is 6.41. The van der Waals surface area contributed by atoms with Crippen LogP contribution in [0.5, 0.6) is 0 Å². The van der Waals surface area contributed by atoms with Gasteiger partial charge in [0.25, 0.3) is 0 Å². The Morgan fingerprint density at radius 1 is 1.28 bits per heavy atom. The van der Waals surface area contributed by atoms with E-state index in [9.17, 15) is 9.50 Å². The van der Waals surface area contributed by atoms with Gasteiger partial charge in [-0.3, -0.25) is 4.68 Å². The van der Waals surface area contributed by atoms with Crippen molar-refractivity contribution in [1.82, 2.24) is 29.3 Å². The van der Waals surface area contributed by atoms with Crippen molar-refractivity contribution < 1.29 is 9.50 Å². The molecule has 0 spiro atoms. The minimum absolute atomic E-state index is 0.119. The third-order valence-corrected chi connectivity index (χ3v) is 6.14. The van der Waals surface area contributed by atoms with Crippen LogP contribution in [0.1, 0.15) is 43.9 Å². The van der Waals surface area contributed by atoms with Crippen molar-refractivity contribution in [2.45, 2.75) is 51.9 Å². The molecule has 0 saturated heterocycles. The molecule has 1 aliphatic rings. The average molecular weight is 456 g/mol. The Balaban J connectivity index is 1.52. The average Bonchev–Trinajstić information content (AvgIpc) is 3.36. The molecule has 166 valence electrons. The zero-order chi connectivity index (χ0) is 22.6. The predicted octanol–water partition coefficient (Wildman–Crippen LogP) is 4.29. The van der Waals surface area contributed by atoms with Gasteiger partial charge in [0.2, 0.25) is 5.95 Å². The minimum Gasteiger partial charge on any atom is -0.385 e. The number of aromatic nitrogens is 6. The van der Waals surface area contributed by atoms with E-state index in [0.29, 0.717) is 46.2 Å². The second-order valence-corrected chi connectivity index (χ2v) is 8.71. The number of benzene rings is 1. The number of nitrogens with zero attached hydrogens (tertiary/aromatic N) is 6. The Labute approximate surface area is 189 Å². The summed E-state index contributed by atoms with van der Waals surface area (Å²) in [5.74, 6) is 0.628. The number of imidazole rings is 1. The molecule has 32 heavy (non-hydrogen) atoms. The van der Waals surface area contributed by atoms with E-state index in [2.05, 4.69) is 25.4 Å². The van der Waals surface area contributed by atoms with Gasteiger partial charge >= 0.3 is 0 Å². The lowest BCUT2D eigenvalue weighted by Crippen LogP contribution is -2.35. The maximum absolute atomic E-state index is 14.9. The topological polar surface area (TPSA) is 93.7 Å². The highest BCUT2D eigenvalue weighted by atomic mass is 35.5. The SMILES string of the molecule is Cc1nc2c(F)cc(-c3nc(N[C@@H]4CCn5nccc5[C@@H]4O)ncc3Cl)cc2n1C(C)C. The molecule has 1 aromatic carbocycles. The van der Waals surface area contributed by atoms with E-state index in [-0.39, 0.29) is 12.1 Å². The minimum atomic E-state index is -0.744. The van der Waals surface area contributed by atoms with Crippen molar-refractivity contribution in [1.29, 1.82) is 0 Å². The second kappa shape index (κ2) is 7.83. The zero-order valence-electron chi connectivity index (χ0n) is 17.9. The van der Waals surface area contributed by atoms with Crippen molar-refractivity contribution in [2.24, 2.45) is 0 Å². The smallest absolute Gasteiger partial charge is 0.223 e. The molecule has 0 bridgehead atoms. The lowest BCUT2D eigenvalue weighted by Gasteiger charge is -2.29. The first kappa shape index (κ1) is 20.8. The second-order valence-electron chi connectivity index (χ2n) is 8.30. The summed E-state index contributed by atoms with van der Waals surface area (Å²) < 4.78 is 18.7. The van der Waals surface area contributed by atoms with E-state index >= 15 is 0 Å². The summed E-state index contributed by atoms with van der Waals surface area (Å²) in [7, 11) is 0. The van der Waals surface area contributed by atoms with E-state index in [1.54, 1.807) is 16.9 Å². The van der Waals surface area contributed by atoms with Gasteiger partial charge < -0.3 is 15.0 Å². The molecule has 0 aliphatic carbocycles. The Morgan fingerprint density at radius 2 is 2.09 bits per heavy atom. The molecule has 0 saturated carbocycles. The van der Waals surface area contributed by atoms with Crippen molar-refractivity contribution >= 4 is 28.6 Å². The first-order valence-corrected chi connectivity index (χ1v) is 10.9. The number of anilines is 1. The van der Waals surface area contributed by atoms with Crippen LogP contribution in [0.15, 0.2) is 30.6 Å². The van der Waals surface area contributed by atoms with Crippen molar-refractivity contribution in [3.05, 3.63) is 53.0 Å². The van der Waals surface area contributed by atoms with Crippen LogP contribution in [0.25, 0.3) is 22.3 Å². The van der Waals surface area contributed by atoms with Gasteiger partial charge in [-0.1, -0.05) is 11.6 Å². The maximum Gasteiger partial charge on any atom is 0.223 e. The van der Waals surface area contributed by atoms with E-state index in [1.165, 1.54) is 12.3 Å². The van der Waals surface area contributed by atoms with Crippen molar-refractivity contribution in [2.75, 3.05) is 5.32 Å². The number of nitrogens with one attached hydrogen (secondary N) is 1. The van der Waals surface area contributed by atoms with E-state index in [0.717, 1.165) is 11.5 Å². The molecule has 2 N–H and O–H groups in total. The Kier molecular flexibility index (Phi) is 5.10. The molecule has 10 heteroatoms. The van der Waals surface area contributed by atoms with Crippen LogP contribution in [0.3, 0.4) is 0 Å². The molecule has 8 nitrogen and oxygen atoms in total. The lowest BCUT2D eigenvalue weighted by atomic mass is 10.0. The molecule has 0 unspecified atom stereocenters. The third-order valence-electron chi connectivity index (χ3n) is 5.86. The summed E-state index contributed by atoms with van der Waals surface area (Å²) in [5, 5.41) is 18.4. The molecule has 0 radical (unpaired) electrons. The first-order chi connectivity index (χ1) is 15.3. The highest BCUT2D eigenvalue weighted by molar-refractivity contribution is 6.33. The normalized spacial score (nSPS) is 18.3. The molecule has 1 aliphatic heterocycles. The van der Waals surface area contributed by atoms with Gasteiger partial charge in [-0.05, 0) is 45.4 Å².